The molecule has 1 unspecified atom stereocenters. The van der Waals surface area contributed by atoms with Gasteiger partial charge in [-0.15, -0.1) is 0 Å². The van der Waals surface area contributed by atoms with E-state index in [0.717, 1.165) is 18.8 Å². The van der Waals surface area contributed by atoms with Crippen LogP contribution in [0.3, 0.4) is 0 Å². The van der Waals surface area contributed by atoms with Gasteiger partial charge in [-0.05, 0) is 36.6 Å². The fourth-order valence-electron chi connectivity index (χ4n) is 2.66. The number of hydrogen-bond acceptors (Lipinski definition) is 3. The van der Waals surface area contributed by atoms with Crippen LogP contribution in [0.15, 0.2) is 36.4 Å². The van der Waals surface area contributed by atoms with Crippen molar-refractivity contribution in [1.29, 1.82) is 0 Å². The molecule has 0 amide bonds. The summed E-state index contributed by atoms with van der Waals surface area (Å²) in [5.41, 5.74) is 3.62. The Bertz CT molecular complexity index is 667. The summed E-state index contributed by atoms with van der Waals surface area (Å²) < 4.78 is 0. The molecular formula is C16H16N2O2. The summed E-state index contributed by atoms with van der Waals surface area (Å²) in [5.74, 6) is 0.318. The zero-order valence-corrected chi connectivity index (χ0v) is 11.3. The predicted molar refractivity (Wildman–Crippen MR) is 77.3 cm³/mol. The lowest BCUT2D eigenvalue weighted by Crippen LogP contribution is -2.24. The lowest BCUT2D eigenvalue weighted by Gasteiger charge is -2.30. The molecule has 102 valence electrons. The van der Waals surface area contributed by atoms with E-state index in [4.69, 9.17) is 5.11 Å². The van der Waals surface area contributed by atoms with Crippen LogP contribution in [0.2, 0.25) is 0 Å². The molecule has 0 fully saturated rings. The Labute approximate surface area is 117 Å². The normalized spacial score (nSPS) is 16.1. The van der Waals surface area contributed by atoms with E-state index in [-0.39, 0.29) is 5.56 Å². The maximum absolute atomic E-state index is 10.9. The van der Waals surface area contributed by atoms with Crippen LogP contribution in [0.1, 0.15) is 33.1 Å². The summed E-state index contributed by atoms with van der Waals surface area (Å²) in [7, 11) is 0. The lowest BCUT2D eigenvalue weighted by atomic mass is 9.77. The van der Waals surface area contributed by atoms with Crippen molar-refractivity contribution in [2.24, 2.45) is 0 Å². The van der Waals surface area contributed by atoms with Gasteiger partial charge in [0.05, 0.1) is 11.3 Å². The van der Waals surface area contributed by atoms with Crippen LogP contribution in [-0.2, 0) is 6.42 Å². The minimum Gasteiger partial charge on any atom is -0.478 e. The molecule has 0 saturated carbocycles. The Morgan fingerprint density at radius 3 is 2.85 bits per heavy atom. The molecule has 0 aliphatic heterocycles. The van der Waals surface area contributed by atoms with E-state index in [9.17, 15) is 4.79 Å². The lowest BCUT2D eigenvalue weighted by molar-refractivity contribution is 0.0695. The molecule has 0 radical (unpaired) electrons. The second-order valence-electron chi connectivity index (χ2n) is 5.12. The van der Waals surface area contributed by atoms with Crippen molar-refractivity contribution in [3.63, 3.8) is 0 Å². The van der Waals surface area contributed by atoms with Crippen LogP contribution in [0.25, 0.3) is 0 Å². The first-order chi connectivity index (χ1) is 9.65. The highest BCUT2D eigenvalue weighted by Gasteiger charge is 2.24. The molecule has 20 heavy (non-hydrogen) atoms. The molecule has 3 rings (SSSR count). The first-order valence-corrected chi connectivity index (χ1v) is 6.68. The third-order valence-corrected chi connectivity index (χ3v) is 3.81. The second kappa shape index (κ2) is 4.96. The highest BCUT2D eigenvalue weighted by atomic mass is 16.4. The van der Waals surface area contributed by atoms with Crippen LogP contribution >= 0.6 is 0 Å². The van der Waals surface area contributed by atoms with Crippen molar-refractivity contribution in [3.05, 3.63) is 58.8 Å². The highest BCUT2D eigenvalue weighted by molar-refractivity contribution is 5.89. The van der Waals surface area contributed by atoms with Gasteiger partial charge in [-0.3, -0.25) is 0 Å². The number of benzene rings is 1. The number of pyridine rings is 1. The van der Waals surface area contributed by atoms with E-state index in [0.29, 0.717) is 11.6 Å². The van der Waals surface area contributed by atoms with Gasteiger partial charge in [0, 0.05) is 12.5 Å². The monoisotopic (exact) mass is 268 g/mol. The Morgan fingerprint density at radius 1 is 1.35 bits per heavy atom. The predicted octanol–water partition coefficient (Wildman–Crippen LogP) is 2.84. The minimum atomic E-state index is -0.936. The van der Waals surface area contributed by atoms with Crippen LogP contribution in [-0.4, -0.2) is 22.6 Å². The van der Waals surface area contributed by atoms with Gasteiger partial charge >= 0.3 is 5.97 Å². The molecule has 1 aromatic carbocycles. The van der Waals surface area contributed by atoms with Crippen molar-refractivity contribution in [2.75, 3.05) is 11.9 Å². The Balaban J connectivity index is 1.66. The van der Waals surface area contributed by atoms with E-state index in [2.05, 4.69) is 34.6 Å². The van der Waals surface area contributed by atoms with Crippen LogP contribution < -0.4 is 5.32 Å². The van der Waals surface area contributed by atoms with Gasteiger partial charge in [-0.1, -0.05) is 24.3 Å². The molecule has 1 aliphatic carbocycles. The van der Waals surface area contributed by atoms with Crippen LogP contribution in [0.4, 0.5) is 5.82 Å². The average molecular weight is 268 g/mol. The van der Waals surface area contributed by atoms with E-state index >= 15 is 0 Å². The van der Waals surface area contributed by atoms with Crippen molar-refractivity contribution in [3.8, 4) is 0 Å². The van der Waals surface area contributed by atoms with Gasteiger partial charge in [-0.25, -0.2) is 9.78 Å². The SMILES string of the molecule is Cc1nc(NCC2Cc3ccccc32)ccc1C(=O)O. The number of carboxylic acid groups (broad SMARTS) is 1. The molecule has 4 nitrogen and oxygen atoms in total. The zero-order chi connectivity index (χ0) is 14.1. The number of aromatic nitrogens is 1. The summed E-state index contributed by atoms with van der Waals surface area (Å²) in [6.07, 6.45) is 1.09. The summed E-state index contributed by atoms with van der Waals surface area (Å²) in [4.78, 5) is 15.2. The Hall–Kier alpha value is -2.36. The van der Waals surface area contributed by atoms with Gasteiger partial charge in [0.25, 0.3) is 0 Å². The minimum absolute atomic E-state index is 0.254. The first kappa shape index (κ1) is 12.7. The van der Waals surface area contributed by atoms with E-state index in [1.54, 1.807) is 19.1 Å². The Morgan fingerprint density at radius 2 is 2.15 bits per heavy atom. The topological polar surface area (TPSA) is 62.2 Å². The number of aromatic carboxylic acids is 1. The molecular weight excluding hydrogens is 252 g/mol. The molecule has 1 aliphatic rings. The van der Waals surface area contributed by atoms with Crippen LogP contribution in [0, 0.1) is 6.92 Å². The van der Waals surface area contributed by atoms with Gasteiger partial charge in [0.1, 0.15) is 5.82 Å². The number of nitrogens with one attached hydrogen (secondary N) is 1. The number of aryl methyl sites for hydroxylation is 1. The Kier molecular flexibility index (Phi) is 3.14. The average Bonchev–Trinajstić information content (AvgIpc) is 2.39. The molecule has 1 atom stereocenters. The maximum atomic E-state index is 10.9. The second-order valence-corrected chi connectivity index (χ2v) is 5.12. The quantitative estimate of drug-likeness (QED) is 0.895. The number of fused-ring (bicyclic) bond motifs is 1. The van der Waals surface area contributed by atoms with Gasteiger partial charge in [-0.2, -0.15) is 0 Å². The van der Waals surface area contributed by atoms with Crippen molar-refractivity contribution in [1.82, 2.24) is 4.98 Å². The molecule has 0 spiro atoms. The number of rotatable bonds is 4. The smallest absolute Gasteiger partial charge is 0.337 e. The first-order valence-electron chi connectivity index (χ1n) is 6.68. The van der Waals surface area contributed by atoms with Crippen molar-refractivity contribution in [2.45, 2.75) is 19.3 Å². The third kappa shape index (κ3) is 2.25. The standard InChI is InChI=1S/C16H16N2O2/c1-10-13(16(19)20)6-7-15(18-10)17-9-12-8-11-4-2-3-5-14(11)12/h2-7,12H,8-9H2,1H3,(H,17,18)(H,19,20). The summed E-state index contributed by atoms with van der Waals surface area (Å²) in [6, 6.07) is 11.8. The summed E-state index contributed by atoms with van der Waals surface area (Å²) >= 11 is 0. The number of carbonyl (C=O) groups is 1. The van der Waals surface area contributed by atoms with Crippen molar-refractivity contribution >= 4 is 11.8 Å². The van der Waals surface area contributed by atoms with Crippen molar-refractivity contribution < 1.29 is 9.90 Å². The van der Waals surface area contributed by atoms with E-state index < -0.39 is 5.97 Å². The molecule has 2 aromatic rings. The molecule has 4 heteroatoms. The highest BCUT2D eigenvalue weighted by Crippen LogP contribution is 2.34. The van der Waals surface area contributed by atoms with E-state index in [1.165, 1.54) is 11.1 Å². The van der Waals surface area contributed by atoms with Gasteiger partial charge < -0.3 is 10.4 Å². The fourth-order valence-corrected chi connectivity index (χ4v) is 2.66. The summed E-state index contributed by atoms with van der Waals surface area (Å²) in [6.45, 7) is 2.54. The molecule has 1 heterocycles. The maximum Gasteiger partial charge on any atom is 0.337 e. The largest absolute Gasteiger partial charge is 0.478 e. The number of hydrogen-bond donors (Lipinski definition) is 2. The van der Waals surface area contributed by atoms with E-state index in [1.807, 2.05) is 0 Å². The number of anilines is 1. The molecule has 1 aromatic heterocycles. The molecule has 2 N–H and O–H groups in total. The molecule has 0 bridgehead atoms. The zero-order valence-electron chi connectivity index (χ0n) is 11.3. The third-order valence-electron chi connectivity index (χ3n) is 3.81. The number of carboxylic acids is 1. The fraction of sp³-hybridized carbons (Fsp3) is 0.250. The number of nitrogens with zero attached hydrogens (tertiary/aromatic N) is 1. The van der Waals surface area contributed by atoms with Gasteiger partial charge in [0.15, 0.2) is 0 Å². The molecule has 0 saturated heterocycles. The van der Waals surface area contributed by atoms with Gasteiger partial charge in [0.2, 0.25) is 0 Å². The van der Waals surface area contributed by atoms with Crippen LogP contribution in [0.5, 0.6) is 0 Å². The summed E-state index contributed by atoms with van der Waals surface area (Å²) in [5, 5.41) is 12.3.